The van der Waals surface area contributed by atoms with Gasteiger partial charge in [-0.2, -0.15) is 18.3 Å². The van der Waals surface area contributed by atoms with Crippen molar-refractivity contribution in [3.05, 3.63) is 18.5 Å². The number of likely N-dealkylation sites (tertiary alicyclic amines) is 1. The molecule has 2 N–H and O–H groups in total. The van der Waals surface area contributed by atoms with Gasteiger partial charge in [-0.3, -0.25) is 9.48 Å². The maximum atomic E-state index is 13.0. The molecule has 1 aliphatic rings. The van der Waals surface area contributed by atoms with Gasteiger partial charge in [-0.1, -0.05) is 0 Å². The van der Waals surface area contributed by atoms with Crippen molar-refractivity contribution in [1.82, 2.24) is 25.3 Å². The van der Waals surface area contributed by atoms with E-state index in [0.717, 1.165) is 4.68 Å². The van der Waals surface area contributed by atoms with Gasteiger partial charge in [-0.15, -0.1) is 0 Å². The highest BCUT2D eigenvalue weighted by atomic mass is 19.4. The van der Waals surface area contributed by atoms with Crippen molar-refractivity contribution in [2.24, 2.45) is 0 Å². The minimum absolute atomic E-state index is 0.0230. The Labute approximate surface area is 137 Å². The quantitative estimate of drug-likeness (QED) is 0.862. The lowest BCUT2D eigenvalue weighted by molar-refractivity contribution is -0.168. The molecule has 0 aromatic carbocycles. The average molecular weight is 347 g/mol. The van der Waals surface area contributed by atoms with Crippen LogP contribution in [0.5, 0.6) is 0 Å². The highest BCUT2D eigenvalue weighted by molar-refractivity contribution is 5.75. The molecule has 3 amide bonds. The Morgan fingerprint density at radius 2 is 2.00 bits per heavy atom. The fraction of sp³-hybridized carbons (Fsp3) is 0.643. The minimum Gasteiger partial charge on any atom is -0.343 e. The van der Waals surface area contributed by atoms with Gasteiger partial charge in [0.15, 0.2) is 6.04 Å². The summed E-state index contributed by atoms with van der Waals surface area (Å²) in [6, 6.07) is -1.34. The summed E-state index contributed by atoms with van der Waals surface area (Å²) in [4.78, 5) is 24.7. The lowest BCUT2D eigenvalue weighted by Crippen LogP contribution is -2.50. The minimum atomic E-state index is -4.52. The number of hydrogen-bond donors (Lipinski definition) is 2. The van der Waals surface area contributed by atoms with Crippen molar-refractivity contribution >= 4 is 11.9 Å². The van der Waals surface area contributed by atoms with Gasteiger partial charge in [0.25, 0.3) is 0 Å². The second-order valence-corrected chi connectivity index (χ2v) is 5.68. The molecular formula is C14H20F3N5O2. The second-order valence-electron chi connectivity index (χ2n) is 5.68. The fourth-order valence-electron chi connectivity index (χ4n) is 2.59. The van der Waals surface area contributed by atoms with Crippen LogP contribution in [0.4, 0.5) is 18.0 Å². The number of urea groups is 1. The summed E-state index contributed by atoms with van der Waals surface area (Å²) < 4.78 is 39.9. The molecule has 0 aliphatic carbocycles. The molecule has 1 unspecified atom stereocenters. The van der Waals surface area contributed by atoms with Gasteiger partial charge in [0.05, 0.1) is 6.54 Å². The molecule has 7 nitrogen and oxygen atoms in total. The smallest absolute Gasteiger partial charge is 0.343 e. The third-order valence-electron chi connectivity index (χ3n) is 3.95. The van der Waals surface area contributed by atoms with Crippen LogP contribution in [0.25, 0.3) is 0 Å². The third kappa shape index (κ3) is 4.87. The Hall–Kier alpha value is -2.26. The molecule has 10 heteroatoms. The van der Waals surface area contributed by atoms with Crippen LogP contribution in [0.3, 0.4) is 0 Å². The zero-order chi connectivity index (χ0) is 17.7. The Kier molecular flexibility index (Phi) is 5.68. The summed E-state index contributed by atoms with van der Waals surface area (Å²) in [7, 11) is 0. The van der Waals surface area contributed by atoms with Crippen molar-refractivity contribution in [1.29, 1.82) is 0 Å². The molecule has 1 aliphatic heterocycles. The summed E-state index contributed by atoms with van der Waals surface area (Å²) in [5.41, 5.74) is 0. The van der Waals surface area contributed by atoms with Crippen molar-refractivity contribution < 1.29 is 22.8 Å². The lowest BCUT2D eigenvalue weighted by atomic mass is 10.1. The summed E-state index contributed by atoms with van der Waals surface area (Å²) in [6.45, 7) is 1.92. The number of aromatic nitrogens is 2. The van der Waals surface area contributed by atoms with Crippen LogP contribution in [0, 0.1) is 0 Å². The van der Waals surface area contributed by atoms with Crippen LogP contribution in [-0.4, -0.2) is 58.5 Å². The third-order valence-corrected chi connectivity index (χ3v) is 3.95. The van der Waals surface area contributed by atoms with Gasteiger partial charge in [0.2, 0.25) is 5.91 Å². The second kappa shape index (κ2) is 7.54. The standard InChI is InChI=1S/C14H20F3N5O2/c1-10(23)21-7-3-11(4-8-21)20-13(24)18-9-12(14(15,16)17)22-6-2-5-19-22/h2,5-6,11-12H,3-4,7-9H2,1H3,(H2,18,20,24). The van der Waals surface area contributed by atoms with Crippen LogP contribution >= 0.6 is 0 Å². The molecule has 0 bridgehead atoms. The van der Waals surface area contributed by atoms with Crippen LogP contribution in [0.15, 0.2) is 18.5 Å². The van der Waals surface area contributed by atoms with E-state index in [1.54, 1.807) is 4.90 Å². The van der Waals surface area contributed by atoms with E-state index >= 15 is 0 Å². The van der Waals surface area contributed by atoms with Crippen LogP contribution in [0.1, 0.15) is 25.8 Å². The van der Waals surface area contributed by atoms with Crippen molar-refractivity contribution in [2.75, 3.05) is 19.6 Å². The molecule has 2 heterocycles. The van der Waals surface area contributed by atoms with E-state index in [4.69, 9.17) is 0 Å². The number of alkyl halides is 3. The average Bonchev–Trinajstić information content (AvgIpc) is 3.00. The topological polar surface area (TPSA) is 79.3 Å². The van der Waals surface area contributed by atoms with E-state index in [0.29, 0.717) is 25.9 Å². The predicted molar refractivity (Wildman–Crippen MR) is 79.1 cm³/mol. The van der Waals surface area contributed by atoms with Crippen LogP contribution < -0.4 is 10.6 Å². The summed E-state index contributed by atoms with van der Waals surface area (Å²) in [5.74, 6) is -0.0230. The summed E-state index contributed by atoms with van der Waals surface area (Å²) in [5, 5.41) is 8.48. The van der Waals surface area contributed by atoms with Crippen LogP contribution in [0.2, 0.25) is 0 Å². The normalized spacial score (nSPS) is 17.4. The molecule has 0 spiro atoms. The maximum Gasteiger partial charge on any atom is 0.412 e. The summed E-state index contributed by atoms with van der Waals surface area (Å²) in [6.07, 6.45) is -0.910. The number of halogens is 3. The summed E-state index contributed by atoms with van der Waals surface area (Å²) >= 11 is 0. The first-order valence-corrected chi connectivity index (χ1v) is 7.63. The van der Waals surface area contributed by atoms with Gasteiger partial charge in [-0.05, 0) is 18.9 Å². The zero-order valence-corrected chi connectivity index (χ0v) is 13.2. The number of piperidine rings is 1. The number of carbonyl (C=O) groups is 2. The van der Waals surface area contributed by atoms with Gasteiger partial charge in [0, 0.05) is 38.4 Å². The monoisotopic (exact) mass is 347 g/mol. The Balaban J connectivity index is 1.81. The van der Waals surface area contributed by atoms with Gasteiger partial charge in [-0.25, -0.2) is 4.79 Å². The fourth-order valence-corrected chi connectivity index (χ4v) is 2.59. The number of rotatable bonds is 4. The molecular weight excluding hydrogens is 327 g/mol. The number of carbonyl (C=O) groups excluding carboxylic acids is 2. The predicted octanol–water partition coefficient (Wildman–Crippen LogP) is 1.30. The first kappa shape index (κ1) is 18.1. The van der Waals surface area contributed by atoms with E-state index in [-0.39, 0.29) is 11.9 Å². The van der Waals surface area contributed by atoms with Crippen molar-refractivity contribution in [3.8, 4) is 0 Å². The molecule has 0 radical (unpaired) electrons. The first-order valence-electron chi connectivity index (χ1n) is 7.63. The number of nitrogens with one attached hydrogen (secondary N) is 2. The SMILES string of the molecule is CC(=O)N1CCC(NC(=O)NCC(n2cccn2)C(F)(F)F)CC1. The molecule has 1 aromatic heterocycles. The van der Waals surface area contributed by atoms with Gasteiger partial charge >= 0.3 is 12.2 Å². The number of hydrogen-bond acceptors (Lipinski definition) is 3. The lowest BCUT2D eigenvalue weighted by Gasteiger charge is -2.31. The number of amides is 3. The zero-order valence-electron chi connectivity index (χ0n) is 13.2. The van der Waals surface area contributed by atoms with Crippen LogP contribution in [-0.2, 0) is 4.79 Å². The molecule has 134 valence electrons. The maximum absolute atomic E-state index is 13.0. The van der Waals surface area contributed by atoms with E-state index in [1.807, 2.05) is 0 Å². The van der Waals surface area contributed by atoms with E-state index < -0.39 is 24.8 Å². The largest absolute Gasteiger partial charge is 0.412 e. The molecule has 1 saturated heterocycles. The van der Waals surface area contributed by atoms with E-state index in [9.17, 15) is 22.8 Å². The molecule has 0 saturated carbocycles. The Morgan fingerprint density at radius 3 is 2.50 bits per heavy atom. The Bertz CT molecular complexity index is 553. The molecule has 2 rings (SSSR count). The first-order chi connectivity index (χ1) is 11.3. The molecule has 24 heavy (non-hydrogen) atoms. The molecule has 1 aromatic rings. The molecule has 1 atom stereocenters. The van der Waals surface area contributed by atoms with Gasteiger partial charge < -0.3 is 15.5 Å². The van der Waals surface area contributed by atoms with Crippen molar-refractivity contribution in [2.45, 2.75) is 38.0 Å². The molecule has 1 fully saturated rings. The highest BCUT2D eigenvalue weighted by Gasteiger charge is 2.41. The van der Waals surface area contributed by atoms with Crippen molar-refractivity contribution in [3.63, 3.8) is 0 Å². The van der Waals surface area contributed by atoms with Gasteiger partial charge in [0.1, 0.15) is 0 Å². The number of nitrogens with zero attached hydrogens (tertiary/aromatic N) is 3. The highest BCUT2D eigenvalue weighted by Crippen LogP contribution is 2.29. The Morgan fingerprint density at radius 1 is 1.33 bits per heavy atom. The van der Waals surface area contributed by atoms with E-state index in [1.165, 1.54) is 25.4 Å². The van der Waals surface area contributed by atoms with E-state index in [2.05, 4.69) is 15.7 Å².